The Morgan fingerprint density at radius 3 is 2.62 bits per heavy atom. The second-order valence-electron chi connectivity index (χ2n) is 4.72. The third-order valence-corrected chi connectivity index (χ3v) is 3.96. The first-order valence-electron chi connectivity index (χ1n) is 5.99. The van der Waals surface area contributed by atoms with Crippen LogP contribution >= 0.6 is 11.8 Å². The van der Waals surface area contributed by atoms with Crippen molar-refractivity contribution in [2.75, 3.05) is 0 Å². The van der Waals surface area contributed by atoms with E-state index >= 15 is 0 Å². The highest BCUT2D eigenvalue weighted by Crippen LogP contribution is 2.57. The van der Waals surface area contributed by atoms with E-state index in [9.17, 15) is 22.4 Å². The van der Waals surface area contributed by atoms with Gasteiger partial charge in [0.05, 0.1) is 4.90 Å². The molecule has 1 aromatic rings. The lowest BCUT2D eigenvalue weighted by atomic mass is 10.1. The molecule has 1 aliphatic carbocycles. The summed E-state index contributed by atoms with van der Waals surface area (Å²) in [6.07, 6.45) is -4.97. The maximum atomic E-state index is 13.3. The number of nitrogens with zero attached hydrogens (tertiary/aromatic N) is 1. The van der Waals surface area contributed by atoms with Gasteiger partial charge >= 0.3 is 6.18 Å². The molecule has 1 aliphatic rings. The van der Waals surface area contributed by atoms with Crippen LogP contribution in [0, 0.1) is 21.9 Å². The van der Waals surface area contributed by atoms with E-state index in [0.717, 1.165) is 6.07 Å². The van der Waals surface area contributed by atoms with Gasteiger partial charge in [-0.25, -0.2) is 4.39 Å². The molecule has 0 aromatic heterocycles. The molecule has 1 fully saturated rings. The summed E-state index contributed by atoms with van der Waals surface area (Å²) in [6, 6.07) is 3.79. The van der Waals surface area contributed by atoms with E-state index in [2.05, 4.69) is 5.32 Å². The molecule has 0 atom stereocenters. The van der Waals surface area contributed by atoms with Crippen LogP contribution in [0.4, 0.5) is 17.6 Å². The maximum Gasteiger partial charge on any atom is 0.403 e. The second-order valence-corrected chi connectivity index (χ2v) is 5.55. The number of amides is 1. The summed E-state index contributed by atoms with van der Waals surface area (Å²) in [6.45, 7) is -0.143. The molecule has 0 bridgehead atoms. The van der Waals surface area contributed by atoms with Crippen LogP contribution in [-0.4, -0.2) is 12.1 Å². The number of thioether (sulfide) groups is 1. The Bertz CT molecular complexity index is 605. The van der Waals surface area contributed by atoms with Gasteiger partial charge in [-0.3, -0.25) is 4.79 Å². The van der Waals surface area contributed by atoms with Crippen molar-refractivity contribution in [2.24, 2.45) is 5.41 Å². The lowest BCUT2D eigenvalue weighted by Crippen LogP contribution is -2.40. The number of nitriles is 1. The largest absolute Gasteiger partial charge is 0.403 e. The van der Waals surface area contributed by atoms with Gasteiger partial charge in [-0.1, -0.05) is 6.07 Å². The van der Waals surface area contributed by atoms with Crippen LogP contribution in [0.1, 0.15) is 18.4 Å². The number of thiocyanates is 1. The first-order chi connectivity index (χ1) is 9.80. The maximum absolute atomic E-state index is 13.3. The van der Waals surface area contributed by atoms with E-state index in [1.54, 1.807) is 5.40 Å². The van der Waals surface area contributed by atoms with E-state index < -0.39 is 23.3 Å². The summed E-state index contributed by atoms with van der Waals surface area (Å²) in [5.74, 6) is -1.65. The molecular weight excluding hydrogens is 308 g/mol. The average Bonchev–Trinajstić information content (AvgIpc) is 3.20. The molecule has 0 unspecified atom stereocenters. The van der Waals surface area contributed by atoms with Gasteiger partial charge in [-0.15, -0.1) is 0 Å². The Morgan fingerprint density at radius 2 is 2.10 bits per heavy atom. The van der Waals surface area contributed by atoms with E-state index in [-0.39, 0.29) is 24.3 Å². The van der Waals surface area contributed by atoms with E-state index in [1.807, 2.05) is 0 Å². The lowest BCUT2D eigenvalue weighted by Gasteiger charge is -2.18. The van der Waals surface area contributed by atoms with Crippen molar-refractivity contribution in [2.45, 2.75) is 30.5 Å². The number of hydrogen-bond acceptors (Lipinski definition) is 3. The standard InChI is InChI=1S/C13H10F4N2OS/c14-9-2-1-8(5-10(9)21-7-18)6-19-11(20)12(3-4-12)13(15,16)17/h1-2,5H,3-4,6H2,(H,19,20). The Labute approximate surface area is 122 Å². The normalized spacial score (nSPS) is 16.1. The van der Waals surface area contributed by atoms with Crippen LogP contribution in [0.25, 0.3) is 0 Å². The highest BCUT2D eigenvalue weighted by Gasteiger charge is 2.68. The molecule has 1 aromatic carbocycles. The number of hydrogen-bond donors (Lipinski definition) is 1. The molecule has 0 saturated heterocycles. The van der Waals surface area contributed by atoms with Gasteiger partial charge < -0.3 is 5.32 Å². The fourth-order valence-electron chi connectivity index (χ4n) is 1.90. The fourth-order valence-corrected chi connectivity index (χ4v) is 2.38. The Balaban J connectivity index is 2.03. The fraction of sp³-hybridized carbons (Fsp3) is 0.385. The molecule has 21 heavy (non-hydrogen) atoms. The second kappa shape index (κ2) is 5.56. The first-order valence-corrected chi connectivity index (χ1v) is 6.81. The van der Waals surface area contributed by atoms with Crippen molar-refractivity contribution in [3.63, 3.8) is 0 Å². The average molecular weight is 318 g/mol. The van der Waals surface area contributed by atoms with Crippen molar-refractivity contribution in [1.29, 1.82) is 5.26 Å². The minimum absolute atomic E-state index is 0.0706. The highest BCUT2D eigenvalue weighted by atomic mass is 32.2. The van der Waals surface area contributed by atoms with E-state index in [0.29, 0.717) is 17.3 Å². The molecule has 0 spiro atoms. The smallest absolute Gasteiger partial charge is 0.351 e. The Hall–Kier alpha value is -1.75. The minimum atomic E-state index is -4.55. The van der Waals surface area contributed by atoms with Crippen LogP contribution < -0.4 is 5.32 Å². The number of carbonyl (C=O) groups is 1. The Kier molecular flexibility index (Phi) is 4.14. The van der Waals surface area contributed by atoms with Gasteiger partial charge in [0.25, 0.3) is 0 Å². The number of halogens is 4. The van der Waals surface area contributed by atoms with Crippen LogP contribution in [-0.2, 0) is 11.3 Å². The molecule has 1 amide bonds. The zero-order chi connectivity index (χ0) is 15.7. The van der Waals surface area contributed by atoms with Gasteiger partial charge in [-0.2, -0.15) is 18.4 Å². The van der Waals surface area contributed by atoms with Gasteiger partial charge in [-0.05, 0) is 42.3 Å². The summed E-state index contributed by atoms with van der Waals surface area (Å²) in [7, 11) is 0. The lowest BCUT2D eigenvalue weighted by molar-refractivity contribution is -0.192. The van der Waals surface area contributed by atoms with Crippen LogP contribution in [0.2, 0.25) is 0 Å². The van der Waals surface area contributed by atoms with Gasteiger partial charge in [0, 0.05) is 6.54 Å². The van der Waals surface area contributed by atoms with E-state index in [4.69, 9.17) is 5.26 Å². The molecule has 2 rings (SSSR count). The Morgan fingerprint density at radius 1 is 1.43 bits per heavy atom. The van der Waals surface area contributed by atoms with Crippen molar-refractivity contribution in [3.8, 4) is 5.40 Å². The minimum Gasteiger partial charge on any atom is -0.351 e. The molecule has 0 aliphatic heterocycles. The van der Waals surface area contributed by atoms with Crippen LogP contribution in [0.3, 0.4) is 0 Å². The van der Waals surface area contributed by atoms with Crippen LogP contribution in [0.5, 0.6) is 0 Å². The molecule has 1 N–H and O–H groups in total. The SMILES string of the molecule is N#CSc1cc(CNC(=O)C2(C(F)(F)F)CC2)ccc1F. The first kappa shape index (κ1) is 15.6. The van der Waals surface area contributed by atoms with Crippen LogP contribution in [0.15, 0.2) is 23.1 Å². The monoisotopic (exact) mass is 318 g/mol. The van der Waals surface area contributed by atoms with E-state index in [1.165, 1.54) is 12.1 Å². The van der Waals surface area contributed by atoms with Crippen molar-refractivity contribution >= 4 is 17.7 Å². The molecule has 0 radical (unpaired) electrons. The predicted molar refractivity (Wildman–Crippen MR) is 67.4 cm³/mol. The topological polar surface area (TPSA) is 52.9 Å². The van der Waals surface area contributed by atoms with Gasteiger partial charge in [0.1, 0.15) is 16.6 Å². The summed E-state index contributed by atoms with van der Waals surface area (Å²) in [5.41, 5.74) is -1.84. The zero-order valence-electron chi connectivity index (χ0n) is 10.6. The zero-order valence-corrected chi connectivity index (χ0v) is 11.4. The van der Waals surface area contributed by atoms with Crippen molar-refractivity contribution < 1.29 is 22.4 Å². The highest BCUT2D eigenvalue weighted by molar-refractivity contribution is 8.03. The summed E-state index contributed by atoms with van der Waals surface area (Å²) in [5, 5.41) is 12.4. The molecule has 1 saturated carbocycles. The van der Waals surface area contributed by atoms with Crippen molar-refractivity contribution in [1.82, 2.24) is 5.32 Å². The molecule has 112 valence electrons. The molecule has 3 nitrogen and oxygen atoms in total. The molecule has 0 heterocycles. The van der Waals surface area contributed by atoms with Gasteiger partial charge in [0.2, 0.25) is 5.91 Å². The number of alkyl halides is 3. The summed E-state index contributed by atoms with van der Waals surface area (Å²) < 4.78 is 51.5. The molecular formula is C13H10F4N2OS. The number of benzene rings is 1. The third-order valence-electron chi connectivity index (χ3n) is 3.33. The number of rotatable bonds is 4. The van der Waals surface area contributed by atoms with Gasteiger partial charge in [0.15, 0.2) is 0 Å². The quantitative estimate of drug-likeness (QED) is 0.526. The summed E-state index contributed by atoms with van der Waals surface area (Å²) in [4.78, 5) is 11.7. The molecule has 8 heteroatoms. The number of carbonyl (C=O) groups excluding carboxylic acids is 1. The summed E-state index contributed by atoms with van der Waals surface area (Å²) >= 11 is 0.610. The van der Waals surface area contributed by atoms with Crippen molar-refractivity contribution in [3.05, 3.63) is 29.6 Å². The third kappa shape index (κ3) is 3.13. The number of nitrogens with one attached hydrogen (secondary N) is 1. The predicted octanol–water partition coefficient (Wildman–Crippen LogP) is 3.36.